The van der Waals surface area contributed by atoms with Crippen LogP contribution in [0.5, 0.6) is 0 Å². The van der Waals surface area contributed by atoms with Crippen LogP contribution in [0.4, 0.5) is 0 Å². The predicted octanol–water partition coefficient (Wildman–Crippen LogP) is -3.98. The molecule has 0 aliphatic rings. The summed E-state index contributed by atoms with van der Waals surface area (Å²) in [6.07, 6.45) is 1.06. The van der Waals surface area contributed by atoms with Crippen LogP contribution in [0.1, 0.15) is 13.8 Å². The second-order valence-corrected chi connectivity index (χ2v) is 1.37. The summed E-state index contributed by atoms with van der Waals surface area (Å²) in [4.78, 5) is 9.98. The maximum Gasteiger partial charge on any atom is 1.00 e. The van der Waals surface area contributed by atoms with Gasteiger partial charge in [0.05, 0.1) is 0 Å². The summed E-state index contributed by atoms with van der Waals surface area (Å²) in [5.74, 6) is -0.375. The molecule has 0 saturated carbocycles. The molecule has 0 heterocycles. The molecular formula is C5H9NaO3. The Bertz CT molecular complexity index is 105. The quantitative estimate of drug-likeness (QED) is 0.212. The smallest absolute Gasteiger partial charge is 0.876 e. The van der Waals surface area contributed by atoms with Crippen molar-refractivity contribution in [1.82, 2.24) is 0 Å². The average molecular weight is 140 g/mol. The summed E-state index contributed by atoms with van der Waals surface area (Å²) >= 11 is 0. The standard InChI is InChI=1S/C5H8O2.Na.H2O/c1-4(6)3-5(2)7;;/h3,6H,1-2H3;;1H2/q;+1;/p-1/b4-3-;;. The fraction of sp³-hybridized carbons (Fsp3) is 0.400. The van der Waals surface area contributed by atoms with Gasteiger partial charge in [-0.25, -0.2) is 0 Å². The zero-order valence-electron chi connectivity index (χ0n) is 5.89. The molecule has 9 heavy (non-hydrogen) atoms. The van der Waals surface area contributed by atoms with Gasteiger partial charge in [0.2, 0.25) is 0 Å². The number of allylic oxidation sites excluding steroid dienone is 2. The molecule has 0 radical (unpaired) electrons. The summed E-state index contributed by atoms with van der Waals surface area (Å²) in [6, 6.07) is 0. The second-order valence-electron chi connectivity index (χ2n) is 1.37. The van der Waals surface area contributed by atoms with Gasteiger partial charge < -0.3 is 10.6 Å². The molecule has 4 heteroatoms. The number of carbonyl (C=O) groups is 1. The van der Waals surface area contributed by atoms with E-state index in [1.54, 1.807) is 0 Å². The van der Waals surface area contributed by atoms with E-state index in [0.717, 1.165) is 6.08 Å². The Morgan fingerprint density at radius 3 is 1.78 bits per heavy atom. The maximum atomic E-state index is 9.98. The topological polar surface area (TPSA) is 71.6 Å². The third kappa shape index (κ3) is 17.9. The van der Waals surface area contributed by atoms with Crippen molar-refractivity contribution in [2.45, 2.75) is 13.8 Å². The van der Waals surface area contributed by atoms with Crippen LogP contribution >= 0.6 is 0 Å². The Morgan fingerprint density at radius 1 is 1.44 bits per heavy atom. The fourth-order valence-electron chi connectivity index (χ4n) is 0.286. The Hall–Kier alpha value is 0.170. The van der Waals surface area contributed by atoms with Gasteiger partial charge >= 0.3 is 29.6 Å². The normalized spacial score (nSPS) is 8.89. The monoisotopic (exact) mass is 140 g/mol. The Labute approximate surface area is 76.4 Å². The minimum absolute atomic E-state index is 0. The molecule has 0 aromatic heterocycles. The summed E-state index contributed by atoms with van der Waals surface area (Å²) in [7, 11) is 0. The molecule has 0 bridgehead atoms. The molecule has 0 spiro atoms. The average Bonchev–Trinajstić information content (AvgIpc) is 1.27. The van der Waals surface area contributed by atoms with E-state index in [1.165, 1.54) is 13.8 Å². The van der Waals surface area contributed by atoms with Crippen molar-refractivity contribution >= 4 is 5.78 Å². The molecule has 0 rings (SSSR count). The van der Waals surface area contributed by atoms with E-state index >= 15 is 0 Å². The first-order valence-corrected chi connectivity index (χ1v) is 1.99. The SMILES string of the molecule is CC(=O)/C=C(/C)[O-].O.[Na+]. The zero-order chi connectivity index (χ0) is 5.86. The summed E-state index contributed by atoms with van der Waals surface area (Å²) in [5, 5.41) is 9.98. The number of ketones is 1. The molecule has 2 N–H and O–H groups in total. The molecule has 0 fully saturated rings. The van der Waals surface area contributed by atoms with Crippen LogP contribution in [0.3, 0.4) is 0 Å². The van der Waals surface area contributed by atoms with E-state index < -0.39 is 0 Å². The van der Waals surface area contributed by atoms with Crippen molar-refractivity contribution in [3.05, 3.63) is 11.8 Å². The molecule has 0 aromatic rings. The third-order valence-electron chi connectivity index (χ3n) is 0.407. The van der Waals surface area contributed by atoms with Crippen LogP contribution in [-0.4, -0.2) is 11.3 Å². The van der Waals surface area contributed by atoms with Gasteiger partial charge in [-0.3, -0.25) is 4.79 Å². The summed E-state index contributed by atoms with van der Waals surface area (Å²) < 4.78 is 0. The van der Waals surface area contributed by atoms with Crippen LogP contribution in [0.15, 0.2) is 11.8 Å². The molecule has 48 valence electrons. The molecular weight excluding hydrogens is 131 g/mol. The van der Waals surface area contributed by atoms with E-state index in [9.17, 15) is 9.90 Å². The minimum Gasteiger partial charge on any atom is -0.876 e. The number of carbonyl (C=O) groups excluding carboxylic acids is 1. The van der Waals surface area contributed by atoms with Crippen molar-refractivity contribution in [3.8, 4) is 0 Å². The number of hydrogen-bond acceptors (Lipinski definition) is 2. The van der Waals surface area contributed by atoms with Crippen LogP contribution in [0.25, 0.3) is 0 Å². The first-order chi connectivity index (χ1) is 3.13. The molecule has 0 unspecified atom stereocenters. The Kier molecular flexibility index (Phi) is 14.6. The first kappa shape index (κ1) is 16.1. The van der Waals surface area contributed by atoms with E-state index in [-0.39, 0.29) is 46.6 Å². The molecule has 0 aromatic carbocycles. The van der Waals surface area contributed by atoms with Crippen LogP contribution in [0.2, 0.25) is 0 Å². The van der Waals surface area contributed by atoms with Crippen molar-refractivity contribution in [2.75, 3.05) is 0 Å². The molecule has 0 aliphatic heterocycles. The van der Waals surface area contributed by atoms with Crippen molar-refractivity contribution in [1.29, 1.82) is 0 Å². The van der Waals surface area contributed by atoms with Gasteiger partial charge in [0.1, 0.15) is 0 Å². The van der Waals surface area contributed by atoms with Crippen LogP contribution in [-0.2, 0) is 4.79 Å². The minimum atomic E-state index is -0.187. The van der Waals surface area contributed by atoms with E-state index in [2.05, 4.69) is 0 Å². The third-order valence-corrected chi connectivity index (χ3v) is 0.407. The molecule has 3 nitrogen and oxygen atoms in total. The van der Waals surface area contributed by atoms with Gasteiger partial charge in [-0.15, -0.1) is 5.76 Å². The van der Waals surface area contributed by atoms with Gasteiger partial charge in [-0.2, -0.15) is 0 Å². The van der Waals surface area contributed by atoms with Gasteiger partial charge in [0.15, 0.2) is 5.78 Å². The molecule has 0 aliphatic carbocycles. The Balaban J connectivity index is -0.000000180. The molecule has 0 atom stereocenters. The summed E-state index contributed by atoms with van der Waals surface area (Å²) in [5.41, 5.74) is 0. The number of hydrogen-bond donors (Lipinski definition) is 0. The van der Waals surface area contributed by atoms with E-state index in [4.69, 9.17) is 0 Å². The zero-order valence-corrected chi connectivity index (χ0v) is 7.89. The predicted molar refractivity (Wildman–Crippen MR) is 28.1 cm³/mol. The van der Waals surface area contributed by atoms with Gasteiger partial charge in [0, 0.05) is 0 Å². The van der Waals surface area contributed by atoms with Gasteiger partial charge in [-0.1, -0.05) is 6.92 Å². The largest absolute Gasteiger partial charge is 1.00 e. The van der Waals surface area contributed by atoms with Crippen LogP contribution in [0, 0.1) is 0 Å². The molecule has 0 amide bonds. The summed E-state index contributed by atoms with van der Waals surface area (Å²) in [6.45, 7) is 2.70. The maximum absolute atomic E-state index is 9.98. The van der Waals surface area contributed by atoms with E-state index in [0.29, 0.717) is 0 Å². The first-order valence-electron chi connectivity index (χ1n) is 1.99. The number of rotatable bonds is 1. The van der Waals surface area contributed by atoms with Gasteiger partial charge in [-0.05, 0) is 13.0 Å². The molecule has 0 saturated heterocycles. The second kappa shape index (κ2) is 8.17. The van der Waals surface area contributed by atoms with Crippen molar-refractivity contribution in [3.63, 3.8) is 0 Å². The van der Waals surface area contributed by atoms with Crippen molar-refractivity contribution in [2.24, 2.45) is 0 Å². The Morgan fingerprint density at radius 2 is 1.78 bits per heavy atom. The fourth-order valence-corrected chi connectivity index (χ4v) is 0.286. The van der Waals surface area contributed by atoms with Crippen molar-refractivity contribution < 1.29 is 44.9 Å². The van der Waals surface area contributed by atoms with E-state index in [1.807, 2.05) is 0 Å². The van der Waals surface area contributed by atoms with Crippen LogP contribution < -0.4 is 34.7 Å². The van der Waals surface area contributed by atoms with Gasteiger partial charge in [0.25, 0.3) is 0 Å².